The van der Waals surface area contributed by atoms with Crippen LogP contribution in [0.15, 0.2) is 61.7 Å². The number of rotatable bonds is 3. The molecule has 3 N–H and O–H groups in total. The van der Waals surface area contributed by atoms with E-state index in [-0.39, 0.29) is 17.2 Å². The number of aromatic hydroxyl groups is 3. The molecule has 2 unspecified atom stereocenters. The van der Waals surface area contributed by atoms with Gasteiger partial charge in [-0.2, -0.15) is 0 Å². The molecule has 2 atom stereocenters. The first-order valence-corrected chi connectivity index (χ1v) is 7.66. The summed E-state index contributed by atoms with van der Waals surface area (Å²) in [5.41, 5.74) is -0.0511. The lowest BCUT2D eigenvalue weighted by Gasteiger charge is -2.45. The van der Waals surface area contributed by atoms with Crippen LogP contribution in [0.2, 0.25) is 0 Å². The van der Waals surface area contributed by atoms with Gasteiger partial charge in [0.05, 0.1) is 0 Å². The van der Waals surface area contributed by atoms with Crippen molar-refractivity contribution in [3.63, 3.8) is 0 Å². The molecule has 1 heterocycles. The number of fused-ring (bicyclic) bond motifs is 1. The van der Waals surface area contributed by atoms with Crippen LogP contribution in [0.3, 0.4) is 0 Å². The molecule has 124 valence electrons. The van der Waals surface area contributed by atoms with Gasteiger partial charge in [0.15, 0.2) is 5.60 Å². The first-order chi connectivity index (χ1) is 11.3. The molecule has 2 aromatic carbocycles. The van der Waals surface area contributed by atoms with Crippen molar-refractivity contribution in [1.82, 2.24) is 0 Å². The van der Waals surface area contributed by atoms with Crippen molar-refractivity contribution in [2.45, 2.75) is 24.4 Å². The second-order valence-corrected chi connectivity index (χ2v) is 6.38. The Kier molecular flexibility index (Phi) is 3.56. The van der Waals surface area contributed by atoms with Crippen LogP contribution in [-0.4, -0.2) is 15.3 Å². The lowest BCUT2D eigenvalue weighted by molar-refractivity contribution is 0.0651. The highest BCUT2D eigenvalue weighted by molar-refractivity contribution is 5.53. The first kappa shape index (κ1) is 16.0. The van der Waals surface area contributed by atoms with Crippen molar-refractivity contribution in [2.75, 3.05) is 0 Å². The summed E-state index contributed by atoms with van der Waals surface area (Å²) in [6.45, 7) is 9.87. The van der Waals surface area contributed by atoms with Crippen molar-refractivity contribution in [3.8, 4) is 23.0 Å². The predicted molar refractivity (Wildman–Crippen MR) is 92.5 cm³/mol. The lowest BCUT2D eigenvalue weighted by Crippen LogP contribution is -2.42. The van der Waals surface area contributed by atoms with Crippen molar-refractivity contribution in [1.29, 1.82) is 0 Å². The smallest absolute Gasteiger partial charge is 0.157 e. The Balaban J connectivity index is 2.23. The Morgan fingerprint density at radius 2 is 1.58 bits per heavy atom. The summed E-state index contributed by atoms with van der Waals surface area (Å²) in [6.07, 6.45) is 3.94. The van der Waals surface area contributed by atoms with Gasteiger partial charge in [-0.1, -0.05) is 25.6 Å². The Morgan fingerprint density at radius 3 is 2.17 bits per heavy atom. The van der Waals surface area contributed by atoms with E-state index < -0.39 is 11.0 Å². The molecule has 3 rings (SSSR count). The van der Waals surface area contributed by atoms with E-state index in [1.807, 2.05) is 19.1 Å². The van der Waals surface area contributed by atoms with Crippen LogP contribution in [0.5, 0.6) is 23.0 Å². The zero-order chi connectivity index (χ0) is 17.5. The number of benzene rings is 2. The Bertz CT molecular complexity index is 826. The largest absolute Gasteiger partial charge is 0.508 e. The van der Waals surface area contributed by atoms with Crippen LogP contribution in [0.1, 0.15) is 24.5 Å². The van der Waals surface area contributed by atoms with E-state index >= 15 is 0 Å². The van der Waals surface area contributed by atoms with E-state index in [0.717, 1.165) is 5.56 Å². The highest BCUT2D eigenvalue weighted by Crippen LogP contribution is 2.52. The minimum atomic E-state index is -1.01. The Labute approximate surface area is 141 Å². The summed E-state index contributed by atoms with van der Waals surface area (Å²) in [5, 5.41) is 29.7. The van der Waals surface area contributed by atoms with Crippen molar-refractivity contribution in [3.05, 3.63) is 72.8 Å². The first-order valence-electron chi connectivity index (χ1n) is 7.66. The normalized spacial score (nSPS) is 25.4. The molecular weight excluding hydrogens is 304 g/mol. The minimum Gasteiger partial charge on any atom is -0.508 e. The monoisotopic (exact) mass is 324 g/mol. The number of ether oxygens (including phenoxy) is 1. The summed E-state index contributed by atoms with van der Waals surface area (Å²) < 4.78 is 6.19. The standard InChI is InChI=1S/C20H20O4/c1-4-19(3)12-20(5-2,15-8-6-13(21)10-17(15)23)24-18-11-14(22)7-9-16(18)19/h4-11,21-23H,1-2,12H2,3H3. The van der Waals surface area contributed by atoms with Gasteiger partial charge < -0.3 is 20.1 Å². The van der Waals surface area contributed by atoms with E-state index in [2.05, 4.69) is 13.2 Å². The van der Waals surface area contributed by atoms with Crippen LogP contribution < -0.4 is 4.74 Å². The summed E-state index contributed by atoms with van der Waals surface area (Å²) in [6, 6.07) is 9.36. The SMILES string of the molecule is C=CC1(C)CC(C=C)(c2ccc(O)cc2O)Oc2cc(O)ccc21. The zero-order valence-electron chi connectivity index (χ0n) is 13.5. The predicted octanol–water partition coefficient (Wildman–Crippen LogP) is 4.11. The Hall–Kier alpha value is -2.88. The second kappa shape index (κ2) is 5.34. The molecule has 0 aliphatic carbocycles. The summed E-state index contributed by atoms with van der Waals surface area (Å²) in [5.74, 6) is 0.492. The van der Waals surface area contributed by atoms with E-state index in [4.69, 9.17) is 4.74 Å². The molecule has 24 heavy (non-hydrogen) atoms. The van der Waals surface area contributed by atoms with E-state index in [1.54, 1.807) is 24.3 Å². The van der Waals surface area contributed by atoms with Crippen LogP contribution in [0.25, 0.3) is 0 Å². The van der Waals surface area contributed by atoms with Gasteiger partial charge in [-0.25, -0.2) is 0 Å². The van der Waals surface area contributed by atoms with E-state index in [1.165, 1.54) is 12.1 Å². The molecule has 1 aliphatic rings. The maximum atomic E-state index is 10.3. The second-order valence-electron chi connectivity index (χ2n) is 6.38. The molecule has 0 radical (unpaired) electrons. The minimum absolute atomic E-state index is 0.0317. The fourth-order valence-electron chi connectivity index (χ4n) is 3.37. The number of phenols is 3. The van der Waals surface area contributed by atoms with Gasteiger partial charge >= 0.3 is 0 Å². The maximum absolute atomic E-state index is 10.3. The third-order valence-electron chi connectivity index (χ3n) is 4.72. The molecular formula is C20H20O4. The van der Waals surface area contributed by atoms with Gasteiger partial charge in [-0.05, 0) is 24.3 Å². The highest BCUT2D eigenvalue weighted by Gasteiger charge is 2.46. The summed E-state index contributed by atoms with van der Waals surface area (Å²) in [7, 11) is 0. The number of phenolic OH excluding ortho intramolecular Hbond substituents is 3. The fraction of sp³-hybridized carbons (Fsp3) is 0.200. The maximum Gasteiger partial charge on any atom is 0.157 e. The van der Waals surface area contributed by atoms with Crippen LogP contribution in [-0.2, 0) is 11.0 Å². The quantitative estimate of drug-likeness (QED) is 0.743. The van der Waals surface area contributed by atoms with Crippen molar-refractivity contribution in [2.24, 2.45) is 0 Å². The van der Waals surface area contributed by atoms with Gasteiger partial charge in [0.25, 0.3) is 0 Å². The molecule has 1 aliphatic heterocycles. The molecule has 0 aromatic heterocycles. The van der Waals surface area contributed by atoms with Gasteiger partial charge in [-0.15, -0.1) is 6.58 Å². The molecule has 4 heteroatoms. The van der Waals surface area contributed by atoms with Crippen LogP contribution in [0, 0.1) is 0 Å². The van der Waals surface area contributed by atoms with Gasteiger partial charge in [-0.3, -0.25) is 0 Å². The number of allylic oxidation sites excluding steroid dienone is 1. The van der Waals surface area contributed by atoms with Crippen molar-refractivity contribution >= 4 is 0 Å². The Morgan fingerprint density at radius 1 is 0.958 bits per heavy atom. The number of hydrogen-bond donors (Lipinski definition) is 3. The summed E-state index contributed by atoms with van der Waals surface area (Å²) in [4.78, 5) is 0. The third kappa shape index (κ3) is 2.31. The van der Waals surface area contributed by atoms with E-state index in [9.17, 15) is 15.3 Å². The molecule has 0 saturated carbocycles. The molecule has 2 aromatic rings. The lowest BCUT2D eigenvalue weighted by atomic mass is 9.69. The van der Waals surface area contributed by atoms with Crippen LogP contribution in [0.4, 0.5) is 0 Å². The van der Waals surface area contributed by atoms with Crippen molar-refractivity contribution < 1.29 is 20.1 Å². The van der Waals surface area contributed by atoms with Gasteiger partial charge in [0.1, 0.15) is 23.0 Å². The van der Waals surface area contributed by atoms with E-state index in [0.29, 0.717) is 17.7 Å². The number of hydrogen-bond acceptors (Lipinski definition) is 4. The molecule has 0 saturated heterocycles. The average Bonchev–Trinajstić information content (AvgIpc) is 2.54. The van der Waals surface area contributed by atoms with Gasteiger partial charge in [0.2, 0.25) is 0 Å². The molecule has 4 nitrogen and oxygen atoms in total. The zero-order valence-corrected chi connectivity index (χ0v) is 13.5. The molecule has 0 fully saturated rings. The summed E-state index contributed by atoms with van der Waals surface area (Å²) >= 11 is 0. The third-order valence-corrected chi connectivity index (χ3v) is 4.72. The topological polar surface area (TPSA) is 69.9 Å². The molecule has 0 bridgehead atoms. The molecule has 0 spiro atoms. The highest BCUT2D eigenvalue weighted by atomic mass is 16.5. The fourth-order valence-corrected chi connectivity index (χ4v) is 3.37. The van der Waals surface area contributed by atoms with Crippen LogP contribution >= 0.6 is 0 Å². The molecule has 0 amide bonds. The average molecular weight is 324 g/mol. The van der Waals surface area contributed by atoms with Gasteiger partial charge in [0, 0.05) is 35.1 Å².